The summed E-state index contributed by atoms with van der Waals surface area (Å²) in [4.78, 5) is -0.245. The minimum absolute atomic E-state index is 0.0402. The maximum atomic E-state index is 12.5. The van der Waals surface area contributed by atoms with Crippen molar-refractivity contribution in [2.75, 3.05) is 7.11 Å². The number of ether oxygens (including phenoxy) is 1. The van der Waals surface area contributed by atoms with Gasteiger partial charge >= 0.3 is 6.18 Å². The van der Waals surface area contributed by atoms with Crippen molar-refractivity contribution in [3.8, 4) is 5.75 Å². The van der Waals surface area contributed by atoms with Crippen LogP contribution in [0.5, 0.6) is 5.75 Å². The Morgan fingerprint density at radius 1 is 0.952 bits per heavy atom. The highest BCUT2D eigenvalue weighted by atomic mass is 32.2. The van der Waals surface area contributed by atoms with Crippen molar-refractivity contribution in [2.24, 2.45) is 0 Å². The zero-order valence-electron chi connectivity index (χ0n) is 10.9. The molecule has 0 aliphatic heterocycles. The molecule has 0 aromatic heterocycles. The smallest absolute Gasteiger partial charge is 0.416 e. The Balaban J connectivity index is 2.44. The molecule has 0 saturated carbocycles. The van der Waals surface area contributed by atoms with E-state index in [9.17, 15) is 21.6 Å². The van der Waals surface area contributed by atoms with Gasteiger partial charge in [0.25, 0.3) is 0 Å². The summed E-state index contributed by atoms with van der Waals surface area (Å²) in [6.45, 7) is 0. The highest BCUT2D eigenvalue weighted by Gasteiger charge is 2.30. The van der Waals surface area contributed by atoms with Gasteiger partial charge in [0.05, 0.1) is 22.5 Å². The molecule has 0 amide bonds. The molecule has 0 saturated heterocycles. The predicted molar refractivity (Wildman–Crippen MR) is 69.9 cm³/mol. The minimum atomic E-state index is -4.50. The fourth-order valence-electron chi connectivity index (χ4n) is 1.73. The van der Waals surface area contributed by atoms with E-state index in [1.54, 1.807) is 6.07 Å². The van der Waals surface area contributed by atoms with Gasteiger partial charge in [-0.25, -0.2) is 8.42 Å². The van der Waals surface area contributed by atoms with Crippen molar-refractivity contribution >= 4 is 9.84 Å². The van der Waals surface area contributed by atoms with Crippen molar-refractivity contribution < 1.29 is 26.3 Å². The first-order valence-corrected chi connectivity index (χ1v) is 7.30. The number of sulfone groups is 1. The Kier molecular flexibility index (Phi) is 3.95. The molecule has 0 N–H and O–H groups in total. The molecular weight excluding hydrogens is 305 g/mol. The van der Waals surface area contributed by atoms with Gasteiger partial charge in [0, 0.05) is 0 Å². The van der Waals surface area contributed by atoms with Gasteiger partial charge in [0.15, 0.2) is 0 Å². The van der Waals surface area contributed by atoms with Crippen LogP contribution in [0.4, 0.5) is 13.2 Å². The number of hydrogen-bond acceptors (Lipinski definition) is 3. The van der Waals surface area contributed by atoms with Crippen LogP contribution in [0.1, 0.15) is 5.56 Å². The summed E-state index contributed by atoms with van der Waals surface area (Å²) in [6.07, 6.45) is -4.50. The second-order valence-corrected chi connectivity index (χ2v) is 6.15. The molecule has 0 heterocycles. The van der Waals surface area contributed by atoms with Crippen LogP contribution in [0, 0.1) is 0 Å². The van der Waals surface area contributed by atoms with Gasteiger partial charge < -0.3 is 4.74 Å². The van der Waals surface area contributed by atoms with E-state index in [-0.39, 0.29) is 9.79 Å². The molecule has 0 unspecified atom stereocenters. The molecule has 2 aromatic carbocycles. The number of rotatable bonds is 3. The molecule has 0 aliphatic rings. The lowest BCUT2D eigenvalue weighted by Gasteiger charge is -2.09. The molecule has 0 radical (unpaired) electrons. The molecular formula is C14H11F3O3S. The fourth-order valence-corrected chi connectivity index (χ4v) is 3.02. The molecule has 0 fully saturated rings. The van der Waals surface area contributed by atoms with Gasteiger partial charge in [-0.3, -0.25) is 0 Å². The van der Waals surface area contributed by atoms with Crippen LogP contribution in [-0.4, -0.2) is 15.5 Å². The van der Waals surface area contributed by atoms with Crippen LogP contribution in [0.3, 0.4) is 0 Å². The summed E-state index contributed by atoms with van der Waals surface area (Å²) in [7, 11) is -2.49. The zero-order chi connectivity index (χ0) is 15.7. The van der Waals surface area contributed by atoms with Crippen molar-refractivity contribution in [1.82, 2.24) is 0 Å². The van der Waals surface area contributed by atoms with Gasteiger partial charge in [0.2, 0.25) is 9.84 Å². The standard InChI is InChI=1S/C14H11F3O3S/c1-20-11-3-2-4-13(9-11)21(18,19)12-7-5-10(6-8-12)14(15,16)17/h2-9H,1H3. The Bertz CT molecular complexity index is 735. The van der Waals surface area contributed by atoms with Crippen molar-refractivity contribution in [2.45, 2.75) is 16.0 Å². The van der Waals surface area contributed by atoms with Crippen molar-refractivity contribution in [3.05, 3.63) is 54.1 Å². The molecule has 2 aromatic rings. The van der Waals surface area contributed by atoms with E-state index in [0.29, 0.717) is 5.75 Å². The number of alkyl halides is 3. The maximum absolute atomic E-state index is 12.5. The number of benzene rings is 2. The van der Waals surface area contributed by atoms with E-state index in [2.05, 4.69) is 0 Å². The number of hydrogen-bond donors (Lipinski definition) is 0. The van der Waals surface area contributed by atoms with Gasteiger partial charge in [-0.2, -0.15) is 13.2 Å². The first-order valence-electron chi connectivity index (χ1n) is 5.81. The predicted octanol–water partition coefficient (Wildman–Crippen LogP) is 3.55. The maximum Gasteiger partial charge on any atom is 0.416 e. The fraction of sp³-hybridized carbons (Fsp3) is 0.143. The van der Waals surface area contributed by atoms with E-state index in [4.69, 9.17) is 4.74 Å². The molecule has 0 atom stereocenters. The highest BCUT2D eigenvalue weighted by Crippen LogP contribution is 2.31. The quantitative estimate of drug-likeness (QED) is 0.870. The average molecular weight is 316 g/mol. The van der Waals surface area contributed by atoms with Crippen LogP contribution in [0.25, 0.3) is 0 Å². The van der Waals surface area contributed by atoms with Gasteiger partial charge in [-0.05, 0) is 42.5 Å². The van der Waals surface area contributed by atoms with Crippen LogP contribution in [0.15, 0.2) is 58.3 Å². The van der Waals surface area contributed by atoms with Crippen LogP contribution in [-0.2, 0) is 16.0 Å². The minimum Gasteiger partial charge on any atom is -0.497 e. The molecule has 7 heteroatoms. The van der Waals surface area contributed by atoms with Gasteiger partial charge in [-0.15, -0.1) is 0 Å². The summed E-state index contributed by atoms with van der Waals surface area (Å²) in [6, 6.07) is 9.11. The summed E-state index contributed by atoms with van der Waals surface area (Å²) >= 11 is 0. The third kappa shape index (κ3) is 3.18. The lowest BCUT2D eigenvalue weighted by molar-refractivity contribution is -0.137. The van der Waals surface area contributed by atoms with Crippen molar-refractivity contribution in [1.29, 1.82) is 0 Å². The third-order valence-electron chi connectivity index (χ3n) is 2.84. The molecule has 112 valence electrons. The van der Waals surface area contributed by atoms with Crippen molar-refractivity contribution in [3.63, 3.8) is 0 Å². The third-order valence-corrected chi connectivity index (χ3v) is 4.61. The number of halogens is 3. The normalized spacial score (nSPS) is 12.2. The topological polar surface area (TPSA) is 43.4 Å². The second-order valence-electron chi connectivity index (χ2n) is 4.20. The molecule has 0 spiro atoms. The molecule has 21 heavy (non-hydrogen) atoms. The number of methoxy groups -OCH3 is 1. The Hall–Kier alpha value is -2.02. The van der Waals surface area contributed by atoms with Crippen LogP contribution >= 0.6 is 0 Å². The van der Waals surface area contributed by atoms with E-state index < -0.39 is 21.6 Å². The second kappa shape index (κ2) is 5.40. The molecule has 2 rings (SSSR count). The summed E-state index contributed by atoms with van der Waals surface area (Å²) in [5.74, 6) is 0.350. The monoisotopic (exact) mass is 316 g/mol. The average Bonchev–Trinajstić information content (AvgIpc) is 2.46. The van der Waals surface area contributed by atoms with Crippen LogP contribution < -0.4 is 4.74 Å². The molecule has 0 bridgehead atoms. The van der Waals surface area contributed by atoms with Gasteiger partial charge in [-0.1, -0.05) is 6.07 Å². The van der Waals surface area contributed by atoms with E-state index in [0.717, 1.165) is 24.3 Å². The summed E-state index contributed by atoms with van der Waals surface area (Å²) in [5.41, 5.74) is -0.896. The zero-order valence-corrected chi connectivity index (χ0v) is 11.7. The van der Waals surface area contributed by atoms with E-state index >= 15 is 0 Å². The van der Waals surface area contributed by atoms with E-state index in [1.165, 1.54) is 25.3 Å². The lowest BCUT2D eigenvalue weighted by Crippen LogP contribution is -2.06. The van der Waals surface area contributed by atoms with Gasteiger partial charge in [0.1, 0.15) is 5.75 Å². The molecule has 3 nitrogen and oxygen atoms in total. The first-order chi connectivity index (χ1) is 9.75. The molecule has 0 aliphatic carbocycles. The Morgan fingerprint density at radius 3 is 2.10 bits per heavy atom. The SMILES string of the molecule is COc1cccc(S(=O)(=O)c2ccc(C(F)(F)F)cc2)c1. The Morgan fingerprint density at radius 2 is 1.57 bits per heavy atom. The summed E-state index contributed by atoms with van der Waals surface area (Å²) < 4.78 is 67.0. The first kappa shape index (κ1) is 15.4. The lowest BCUT2D eigenvalue weighted by atomic mass is 10.2. The largest absolute Gasteiger partial charge is 0.497 e. The highest BCUT2D eigenvalue weighted by molar-refractivity contribution is 7.91. The van der Waals surface area contributed by atoms with E-state index in [1.807, 2.05) is 0 Å². The Labute approximate surface area is 119 Å². The summed E-state index contributed by atoms with van der Waals surface area (Å²) in [5, 5.41) is 0. The van der Waals surface area contributed by atoms with Crippen LogP contribution in [0.2, 0.25) is 0 Å².